The summed E-state index contributed by atoms with van der Waals surface area (Å²) in [5.41, 5.74) is 2.73. The zero-order valence-electron chi connectivity index (χ0n) is 14.6. The van der Waals surface area contributed by atoms with Crippen molar-refractivity contribution < 1.29 is 14.2 Å². The number of thiophene rings is 1. The molecule has 130 valence electrons. The van der Waals surface area contributed by atoms with Crippen LogP contribution in [0.1, 0.15) is 29.0 Å². The second-order valence-electron chi connectivity index (χ2n) is 6.02. The Morgan fingerprint density at radius 1 is 1.17 bits per heavy atom. The van der Waals surface area contributed by atoms with E-state index >= 15 is 0 Å². The van der Waals surface area contributed by atoms with E-state index in [1.165, 1.54) is 16.0 Å². The Hall–Kier alpha value is -1.56. The minimum atomic E-state index is 0.458. The molecule has 0 bridgehead atoms. The molecule has 0 unspecified atom stereocenters. The maximum Gasteiger partial charge on any atom is 0.161 e. The maximum absolute atomic E-state index is 5.80. The van der Waals surface area contributed by atoms with Crippen LogP contribution in [0.25, 0.3) is 0 Å². The lowest BCUT2D eigenvalue weighted by atomic mass is 10.0. The summed E-state index contributed by atoms with van der Waals surface area (Å²) in [6.45, 7) is 5.40. The molecule has 3 rings (SSSR count). The molecule has 0 amide bonds. The molecule has 0 aliphatic carbocycles. The van der Waals surface area contributed by atoms with E-state index in [2.05, 4.69) is 35.4 Å². The summed E-state index contributed by atoms with van der Waals surface area (Å²) in [6.07, 6.45) is 1.14. The third-order valence-corrected chi connectivity index (χ3v) is 5.56. The highest BCUT2D eigenvalue weighted by Gasteiger charge is 2.24. The van der Waals surface area contributed by atoms with Crippen LogP contribution >= 0.6 is 11.3 Å². The number of methoxy groups -OCH3 is 2. The summed E-state index contributed by atoms with van der Waals surface area (Å²) in [7, 11) is 3.34. The molecule has 2 aromatic rings. The maximum atomic E-state index is 5.80. The summed E-state index contributed by atoms with van der Waals surface area (Å²) < 4.78 is 16.3. The van der Waals surface area contributed by atoms with Gasteiger partial charge in [-0.25, -0.2) is 0 Å². The van der Waals surface area contributed by atoms with Gasteiger partial charge in [0.1, 0.15) is 6.61 Å². The summed E-state index contributed by atoms with van der Waals surface area (Å²) in [5.74, 6) is 1.55. The van der Waals surface area contributed by atoms with Crippen LogP contribution in [0, 0.1) is 0 Å². The first-order valence-electron chi connectivity index (χ1n) is 8.32. The van der Waals surface area contributed by atoms with Gasteiger partial charge in [0.25, 0.3) is 0 Å². The quantitative estimate of drug-likeness (QED) is 0.711. The van der Waals surface area contributed by atoms with E-state index in [0.29, 0.717) is 19.3 Å². The van der Waals surface area contributed by atoms with E-state index in [9.17, 15) is 0 Å². The van der Waals surface area contributed by atoms with Crippen molar-refractivity contribution in [1.29, 1.82) is 0 Å². The predicted octanol–water partition coefficient (Wildman–Crippen LogP) is 3.90. The Morgan fingerprint density at radius 2 is 2.04 bits per heavy atom. The SMILES string of the molecule is COCCOc1cc(CN2CCc3sccc3[C@H]2C)ccc1OC. The van der Waals surface area contributed by atoms with Gasteiger partial charge in [0.2, 0.25) is 0 Å². The van der Waals surface area contributed by atoms with E-state index in [0.717, 1.165) is 31.0 Å². The highest BCUT2D eigenvalue weighted by atomic mass is 32.1. The molecule has 0 saturated heterocycles. The first-order valence-corrected chi connectivity index (χ1v) is 9.20. The van der Waals surface area contributed by atoms with Gasteiger partial charge in [-0.1, -0.05) is 6.07 Å². The first kappa shape index (κ1) is 17.3. The molecule has 24 heavy (non-hydrogen) atoms. The highest BCUT2D eigenvalue weighted by Crippen LogP contribution is 2.35. The number of nitrogens with zero attached hydrogens (tertiary/aromatic N) is 1. The molecule has 1 aliphatic rings. The summed E-state index contributed by atoms with van der Waals surface area (Å²) in [4.78, 5) is 4.06. The standard InChI is InChI=1S/C19H25NO3S/c1-14-16-7-11-24-19(16)6-8-20(14)13-15-4-5-17(22-3)18(12-15)23-10-9-21-2/h4-5,7,11-12,14H,6,8-10,13H2,1-3H3/t14-/m1/s1. The molecule has 1 atom stereocenters. The highest BCUT2D eigenvalue weighted by molar-refractivity contribution is 7.10. The van der Waals surface area contributed by atoms with Gasteiger partial charge in [-0.05, 0) is 48.1 Å². The van der Waals surface area contributed by atoms with Gasteiger partial charge in [0.15, 0.2) is 11.5 Å². The van der Waals surface area contributed by atoms with E-state index < -0.39 is 0 Å². The number of ether oxygens (including phenoxy) is 3. The molecule has 1 aromatic carbocycles. The number of fused-ring (bicyclic) bond motifs is 1. The van der Waals surface area contributed by atoms with Crippen molar-refractivity contribution in [2.45, 2.75) is 25.9 Å². The fourth-order valence-corrected chi connectivity index (χ4v) is 4.14. The number of hydrogen-bond acceptors (Lipinski definition) is 5. The number of rotatable bonds is 7. The molecular formula is C19H25NO3S. The van der Waals surface area contributed by atoms with E-state index in [4.69, 9.17) is 14.2 Å². The molecule has 1 aliphatic heterocycles. The topological polar surface area (TPSA) is 30.9 Å². The van der Waals surface area contributed by atoms with Crippen LogP contribution < -0.4 is 9.47 Å². The van der Waals surface area contributed by atoms with Crippen LogP contribution in [-0.2, 0) is 17.7 Å². The summed E-state index contributed by atoms with van der Waals surface area (Å²) >= 11 is 1.88. The van der Waals surface area contributed by atoms with Gasteiger partial charge in [-0.15, -0.1) is 11.3 Å². The normalized spacial score (nSPS) is 17.5. The molecule has 0 fully saturated rings. The molecule has 0 N–H and O–H groups in total. The predicted molar refractivity (Wildman–Crippen MR) is 97.2 cm³/mol. The van der Waals surface area contributed by atoms with Gasteiger partial charge in [0, 0.05) is 31.1 Å². The molecule has 1 aromatic heterocycles. The second-order valence-corrected chi connectivity index (χ2v) is 7.02. The largest absolute Gasteiger partial charge is 0.493 e. The van der Waals surface area contributed by atoms with Crippen LogP contribution in [0.5, 0.6) is 11.5 Å². The molecule has 0 radical (unpaired) electrons. The molecule has 0 spiro atoms. The van der Waals surface area contributed by atoms with Crippen molar-refractivity contribution in [2.24, 2.45) is 0 Å². The molecule has 2 heterocycles. The molecule has 5 heteroatoms. The second kappa shape index (κ2) is 8.01. The minimum Gasteiger partial charge on any atom is -0.493 e. The fourth-order valence-electron chi connectivity index (χ4n) is 3.18. The van der Waals surface area contributed by atoms with Gasteiger partial charge < -0.3 is 14.2 Å². The third kappa shape index (κ3) is 3.74. The summed E-state index contributed by atoms with van der Waals surface area (Å²) in [5, 5.41) is 2.21. The van der Waals surface area contributed by atoms with Crippen LogP contribution in [0.2, 0.25) is 0 Å². The summed E-state index contributed by atoms with van der Waals surface area (Å²) in [6, 6.07) is 8.93. The molecule has 4 nitrogen and oxygen atoms in total. The Balaban J connectivity index is 1.72. The van der Waals surface area contributed by atoms with Crippen molar-refractivity contribution in [3.8, 4) is 11.5 Å². The zero-order chi connectivity index (χ0) is 16.9. The lowest BCUT2D eigenvalue weighted by Crippen LogP contribution is -2.32. The molecular weight excluding hydrogens is 322 g/mol. The Bertz CT molecular complexity index is 670. The Kier molecular flexibility index (Phi) is 5.76. The van der Waals surface area contributed by atoms with Crippen LogP contribution in [0.4, 0.5) is 0 Å². The van der Waals surface area contributed by atoms with Crippen molar-refractivity contribution in [3.63, 3.8) is 0 Å². The number of benzene rings is 1. The van der Waals surface area contributed by atoms with Crippen molar-refractivity contribution >= 4 is 11.3 Å². The van der Waals surface area contributed by atoms with E-state index in [-0.39, 0.29) is 0 Å². The van der Waals surface area contributed by atoms with E-state index in [1.807, 2.05) is 17.4 Å². The lowest BCUT2D eigenvalue weighted by Gasteiger charge is -2.33. The smallest absolute Gasteiger partial charge is 0.161 e. The van der Waals surface area contributed by atoms with Crippen LogP contribution in [0.15, 0.2) is 29.6 Å². The fraction of sp³-hybridized carbons (Fsp3) is 0.474. The monoisotopic (exact) mass is 347 g/mol. The van der Waals surface area contributed by atoms with Gasteiger partial charge in [-0.3, -0.25) is 4.90 Å². The first-order chi connectivity index (χ1) is 11.7. The lowest BCUT2D eigenvalue weighted by molar-refractivity contribution is 0.144. The average Bonchev–Trinajstić information content (AvgIpc) is 3.07. The van der Waals surface area contributed by atoms with Crippen LogP contribution in [-0.4, -0.2) is 38.9 Å². The van der Waals surface area contributed by atoms with Crippen molar-refractivity contribution in [1.82, 2.24) is 4.90 Å². The minimum absolute atomic E-state index is 0.458. The van der Waals surface area contributed by atoms with Gasteiger partial charge in [-0.2, -0.15) is 0 Å². The number of hydrogen-bond donors (Lipinski definition) is 0. The van der Waals surface area contributed by atoms with Gasteiger partial charge >= 0.3 is 0 Å². The van der Waals surface area contributed by atoms with E-state index in [1.54, 1.807) is 14.2 Å². The Morgan fingerprint density at radius 3 is 2.83 bits per heavy atom. The van der Waals surface area contributed by atoms with Crippen molar-refractivity contribution in [3.05, 3.63) is 45.6 Å². The van der Waals surface area contributed by atoms with Crippen LogP contribution in [0.3, 0.4) is 0 Å². The molecule has 0 saturated carbocycles. The third-order valence-electron chi connectivity index (χ3n) is 4.56. The average molecular weight is 347 g/mol. The van der Waals surface area contributed by atoms with Crippen molar-refractivity contribution in [2.75, 3.05) is 34.0 Å². The zero-order valence-corrected chi connectivity index (χ0v) is 15.4. The van der Waals surface area contributed by atoms with Gasteiger partial charge in [0.05, 0.1) is 13.7 Å². The Labute approximate surface area is 148 Å².